The van der Waals surface area contributed by atoms with E-state index in [4.69, 9.17) is 11.6 Å². The van der Waals surface area contributed by atoms with Gasteiger partial charge < -0.3 is 5.32 Å². The molecule has 0 atom stereocenters. The standard InChI is InChI=1S/C12H13ClN4S/c1-2-15-11-4-3-9(13)10(17-11)8-18-12-7-14-5-6-16-12/h3-7H,2,8H2,1H3,(H,15,17). The van der Waals surface area contributed by atoms with E-state index in [1.807, 2.05) is 19.1 Å². The van der Waals surface area contributed by atoms with Gasteiger partial charge >= 0.3 is 0 Å². The van der Waals surface area contributed by atoms with Crippen molar-refractivity contribution in [2.75, 3.05) is 11.9 Å². The van der Waals surface area contributed by atoms with Crippen molar-refractivity contribution in [3.8, 4) is 0 Å². The Morgan fingerprint density at radius 2 is 2.22 bits per heavy atom. The summed E-state index contributed by atoms with van der Waals surface area (Å²) in [6.45, 7) is 2.87. The van der Waals surface area contributed by atoms with Crippen LogP contribution in [0.4, 0.5) is 5.82 Å². The third-order valence-corrected chi connectivity index (χ3v) is 3.44. The molecule has 6 heteroatoms. The van der Waals surface area contributed by atoms with Gasteiger partial charge in [0.25, 0.3) is 0 Å². The normalized spacial score (nSPS) is 10.3. The Kier molecular flexibility index (Phi) is 4.78. The first kappa shape index (κ1) is 13.1. The van der Waals surface area contributed by atoms with Gasteiger partial charge in [-0.1, -0.05) is 23.4 Å². The van der Waals surface area contributed by atoms with Crippen LogP contribution in [0, 0.1) is 0 Å². The van der Waals surface area contributed by atoms with Crippen LogP contribution >= 0.6 is 23.4 Å². The minimum Gasteiger partial charge on any atom is -0.370 e. The van der Waals surface area contributed by atoms with Gasteiger partial charge in [0, 0.05) is 24.7 Å². The Hall–Kier alpha value is -1.33. The van der Waals surface area contributed by atoms with E-state index in [2.05, 4.69) is 20.3 Å². The lowest BCUT2D eigenvalue weighted by Gasteiger charge is -2.07. The topological polar surface area (TPSA) is 50.7 Å². The minimum absolute atomic E-state index is 0.674. The number of anilines is 1. The molecule has 0 aliphatic heterocycles. The van der Waals surface area contributed by atoms with Gasteiger partial charge in [0.1, 0.15) is 10.8 Å². The molecule has 0 aliphatic carbocycles. The number of nitrogens with zero attached hydrogens (tertiary/aromatic N) is 3. The first-order chi connectivity index (χ1) is 8.79. The molecule has 1 N–H and O–H groups in total. The summed E-state index contributed by atoms with van der Waals surface area (Å²) in [6.07, 6.45) is 5.06. The summed E-state index contributed by atoms with van der Waals surface area (Å²) in [5, 5.41) is 4.71. The number of rotatable bonds is 5. The van der Waals surface area contributed by atoms with Crippen LogP contribution in [0.5, 0.6) is 0 Å². The molecule has 0 bridgehead atoms. The molecule has 2 aromatic rings. The number of pyridine rings is 1. The second kappa shape index (κ2) is 6.56. The third kappa shape index (κ3) is 3.58. The minimum atomic E-state index is 0.674. The molecule has 0 unspecified atom stereocenters. The second-order valence-corrected chi connectivity index (χ2v) is 4.89. The molecule has 4 nitrogen and oxygen atoms in total. The molecule has 0 radical (unpaired) electrons. The summed E-state index contributed by atoms with van der Waals surface area (Å²) in [5.74, 6) is 1.52. The van der Waals surface area contributed by atoms with Crippen molar-refractivity contribution in [3.63, 3.8) is 0 Å². The summed E-state index contributed by atoms with van der Waals surface area (Å²) in [7, 11) is 0. The molecule has 0 spiro atoms. The lowest BCUT2D eigenvalue weighted by molar-refractivity contribution is 1.05. The molecule has 0 aliphatic rings. The number of aromatic nitrogens is 3. The zero-order chi connectivity index (χ0) is 12.8. The van der Waals surface area contributed by atoms with Crippen LogP contribution in [0.15, 0.2) is 35.7 Å². The molecule has 94 valence electrons. The van der Waals surface area contributed by atoms with Crippen LogP contribution in [-0.4, -0.2) is 21.5 Å². The van der Waals surface area contributed by atoms with Crippen molar-refractivity contribution >= 4 is 29.2 Å². The van der Waals surface area contributed by atoms with E-state index in [9.17, 15) is 0 Å². The third-order valence-electron chi connectivity index (χ3n) is 2.17. The van der Waals surface area contributed by atoms with E-state index in [-0.39, 0.29) is 0 Å². The molecule has 0 fully saturated rings. The fourth-order valence-electron chi connectivity index (χ4n) is 1.37. The first-order valence-corrected chi connectivity index (χ1v) is 6.94. The Morgan fingerprint density at radius 3 is 2.94 bits per heavy atom. The summed E-state index contributed by atoms with van der Waals surface area (Å²) >= 11 is 7.69. The number of thioether (sulfide) groups is 1. The number of hydrogen-bond donors (Lipinski definition) is 1. The SMILES string of the molecule is CCNc1ccc(Cl)c(CSc2cnccn2)n1. The lowest BCUT2D eigenvalue weighted by atomic mass is 10.3. The summed E-state index contributed by atoms with van der Waals surface area (Å²) in [6, 6.07) is 3.74. The second-order valence-electron chi connectivity index (χ2n) is 3.49. The molecule has 0 amide bonds. The molecule has 0 saturated heterocycles. The zero-order valence-electron chi connectivity index (χ0n) is 9.93. The smallest absolute Gasteiger partial charge is 0.126 e. The maximum atomic E-state index is 6.12. The average molecular weight is 281 g/mol. The Labute approximate surface area is 115 Å². The number of nitrogens with one attached hydrogen (secondary N) is 1. The quantitative estimate of drug-likeness (QED) is 0.852. The predicted molar refractivity (Wildman–Crippen MR) is 75.0 cm³/mol. The van der Waals surface area contributed by atoms with Gasteiger partial charge in [0.15, 0.2) is 0 Å². The Balaban J connectivity index is 2.06. The van der Waals surface area contributed by atoms with Crippen molar-refractivity contribution in [1.82, 2.24) is 15.0 Å². The highest BCUT2D eigenvalue weighted by Crippen LogP contribution is 2.24. The first-order valence-electron chi connectivity index (χ1n) is 5.57. The van der Waals surface area contributed by atoms with Gasteiger partial charge in [-0.2, -0.15) is 0 Å². The highest BCUT2D eigenvalue weighted by Gasteiger charge is 2.05. The van der Waals surface area contributed by atoms with Gasteiger partial charge in [-0.05, 0) is 19.1 Å². The van der Waals surface area contributed by atoms with E-state index >= 15 is 0 Å². The van der Waals surface area contributed by atoms with E-state index in [0.717, 1.165) is 23.1 Å². The van der Waals surface area contributed by atoms with Gasteiger partial charge in [-0.15, -0.1) is 0 Å². The summed E-state index contributed by atoms with van der Waals surface area (Å²) in [5.41, 5.74) is 0.853. The van der Waals surface area contributed by atoms with E-state index in [1.54, 1.807) is 30.4 Å². The fourth-order valence-corrected chi connectivity index (χ4v) is 2.39. The highest BCUT2D eigenvalue weighted by molar-refractivity contribution is 7.98. The zero-order valence-corrected chi connectivity index (χ0v) is 11.5. The number of hydrogen-bond acceptors (Lipinski definition) is 5. The molecule has 2 rings (SSSR count). The van der Waals surface area contributed by atoms with Crippen molar-refractivity contribution in [2.45, 2.75) is 17.7 Å². The number of halogens is 1. The van der Waals surface area contributed by atoms with Crippen molar-refractivity contribution in [3.05, 3.63) is 41.4 Å². The van der Waals surface area contributed by atoms with Crippen LogP contribution in [0.25, 0.3) is 0 Å². The van der Waals surface area contributed by atoms with Crippen LogP contribution in [-0.2, 0) is 5.75 Å². The van der Waals surface area contributed by atoms with E-state index < -0.39 is 0 Å². The monoisotopic (exact) mass is 280 g/mol. The summed E-state index contributed by atoms with van der Waals surface area (Å²) in [4.78, 5) is 12.7. The highest BCUT2D eigenvalue weighted by atomic mass is 35.5. The van der Waals surface area contributed by atoms with Crippen LogP contribution in [0.1, 0.15) is 12.6 Å². The van der Waals surface area contributed by atoms with Gasteiger partial charge in [-0.3, -0.25) is 4.98 Å². The predicted octanol–water partition coefficient (Wildman–Crippen LogP) is 3.25. The Bertz CT molecular complexity index is 507. The summed E-state index contributed by atoms with van der Waals surface area (Å²) < 4.78 is 0. The molecule has 2 aromatic heterocycles. The molecule has 2 heterocycles. The van der Waals surface area contributed by atoms with E-state index in [0.29, 0.717) is 10.8 Å². The average Bonchev–Trinajstić information content (AvgIpc) is 2.41. The molecule has 18 heavy (non-hydrogen) atoms. The van der Waals surface area contributed by atoms with Crippen molar-refractivity contribution in [2.24, 2.45) is 0 Å². The molecule has 0 saturated carbocycles. The fraction of sp³-hybridized carbons (Fsp3) is 0.250. The van der Waals surface area contributed by atoms with Crippen LogP contribution in [0.3, 0.4) is 0 Å². The van der Waals surface area contributed by atoms with Gasteiger partial charge in [0.2, 0.25) is 0 Å². The maximum Gasteiger partial charge on any atom is 0.126 e. The maximum absolute atomic E-state index is 6.12. The molecule has 0 aromatic carbocycles. The molecular formula is C12H13ClN4S. The van der Waals surface area contributed by atoms with Gasteiger partial charge in [-0.25, -0.2) is 9.97 Å². The van der Waals surface area contributed by atoms with Crippen LogP contribution in [0.2, 0.25) is 5.02 Å². The van der Waals surface area contributed by atoms with Crippen molar-refractivity contribution < 1.29 is 0 Å². The van der Waals surface area contributed by atoms with E-state index in [1.165, 1.54) is 0 Å². The Morgan fingerprint density at radius 1 is 1.33 bits per heavy atom. The van der Waals surface area contributed by atoms with Crippen LogP contribution < -0.4 is 5.32 Å². The molecular weight excluding hydrogens is 268 g/mol. The van der Waals surface area contributed by atoms with Gasteiger partial charge in [0.05, 0.1) is 16.9 Å². The largest absolute Gasteiger partial charge is 0.370 e. The van der Waals surface area contributed by atoms with Crippen molar-refractivity contribution in [1.29, 1.82) is 0 Å². The lowest BCUT2D eigenvalue weighted by Crippen LogP contribution is -2.01.